The van der Waals surface area contributed by atoms with E-state index in [1.807, 2.05) is 6.07 Å². The summed E-state index contributed by atoms with van der Waals surface area (Å²) in [4.78, 5) is 2.32. The minimum absolute atomic E-state index is 0.119. The molecule has 2 atom stereocenters. The van der Waals surface area contributed by atoms with E-state index in [4.69, 9.17) is 5.73 Å². The van der Waals surface area contributed by atoms with Crippen LogP contribution in [0.1, 0.15) is 24.1 Å². The maximum absolute atomic E-state index is 6.15. The first-order valence-electron chi connectivity index (χ1n) is 6.20. The molecule has 0 spiro atoms. The Morgan fingerprint density at radius 1 is 1.22 bits per heavy atom. The Morgan fingerprint density at radius 2 is 1.94 bits per heavy atom. The molecule has 0 radical (unpaired) electrons. The molecule has 0 aliphatic rings. The maximum atomic E-state index is 6.15. The van der Waals surface area contributed by atoms with Crippen molar-refractivity contribution in [3.63, 3.8) is 0 Å². The molecule has 0 aliphatic heterocycles. The van der Waals surface area contributed by atoms with Gasteiger partial charge in [0, 0.05) is 12.6 Å². The minimum Gasteiger partial charge on any atom is -0.326 e. The second kappa shape index (κ2) is 6.14. The predicted molar refractivity (Wildman–Crippen MR) is 78.6 cm³/mol. The second-order valence-corrected chi connectivity index (χ2v) is 5.54. The average Bonchev–Trinajstić information content (AvgIpc) is 2.83. The van der Waals surface area contributed by atoms with Gasteiger partial charge in [-0.25, -0.2) is 0 Å². The van der Waals surface area contributed by atoms with Crippen molar-refractivity contribution in [1.29, 1.82) is 0 Å². The number of hydrogen-bond acceptors (Lipinski definition) is 3. The van der Waals surface area contributed by atoms with Crippen LogP contribution in [-0.4, -0.2) is 18.0 Å². The predicted octanol–water partition coefficient (Wildman–Crippen LogP) is 3.27. The van der Waals surface area contributed by atoms with Crippen molar-refractivity contribution in [3.8, 4) is 0 Å². The highest BCUT2D eigenvalue weighted by Gasteiger charge is 2.21. The molecule has 2 unspecified atom stereocenters. The molecule has 2 nitrogen and oxygen atoms in total. The van der Waals surface area contributed by atoms with Crippen LogP contribution < -0.4 is 5.73 Å². The number of hydrogen-bond donors (Lipinski definition) is 1. The zero-order valence-electron chi connectivity index (χ0n) is 10.9. The van der Waals surface area contributed by atoms with Crippen LogP contribution in [0, 0.1) is 0 Å². The minimum atomic E-state index is 0.119. The summed E-state index contributed by atoms with van der Waals surface area (Å²) in [6.07, 6.45) is 0. The molecule has 1 aromatic carbocycles. The van der Waals surface area contributed by atoms with E-state index in [0.29, 0.717) is 0 Å². The molecule has 96 valence electrons. The molecule has 1 heterocycles. The highest BCUT2D eigenvalue weighted by molar-refractivity contribution is 7.07. The van der Waals surface area contributed by atoms with Gasteiger partial charge in [-0.3, -0.25) is 4.90 Å². The van der Waals surface area contributed by atoms with E-state index < -0.39 is 0 Å². The van der Waals surface area contributed by atoms with Gasteiger partial charge in [0.25, 0.3) is 0 Å². The van der Waals surface area contributed by atoms with Crippen molar-refractivity contribution in [3.05, 3.63) is 58.3 Å². The number of benzene rings is 1. The lowest BCUT2D eigenvalue weighted by atomic mass is 10.0. The maximum Gasteiger partial charge on any atom is 0.0505 e. The molecular weight excluding hydrogens is 240 g/mol. The van der Waals surface area contributed by atoms with Gasteiger partial charge >= 0.3 is 0 Å². The van der Waals surface area contributed by atoms with Crippen LogP contribution in [-0.2, 0) is 6.54 Å². The standard InChI is InChI=1S/C15H20N2S/c1-12(16)15(14-8-9-18-11-14)17(2)10-13-6-4-3-5-7-13/h3-9,11-12,15H,10,16H2,1-2H3. The average molecular weight is 260 g/mol. The smallest absolute Gasteiger partial charge is 0.0505 e. The summed E-state index contributed by atoms with van der Waals surface area (Å²) >= 11 is 1.73. The van der Waals surface area contributed by atoms with E-state index in [-0.39, 0.29) is 12.1 Å². The van der Waals surface area contributed by atoms with Crippen LogP contribution in [0.4, 0.5) is 0 Å². The monoisotopic (exact) mass is 260 g/mol. The Balaban J connectivity index is 2.12. The molecule has 3 heteroatoms. The van der Waals surface area contributed by atoms with Crippen LogP contribution in [0.25, 0.3) is 0 Å². The van der Waals surface area contributed by atoms with Gasteiger partial charge in [0.2, 0.25) is 0 Å². The first-order valence-corrected chi connectivity index (χ1v) is 7.14. The van der Waals surface area contributed by atoms with Crippen LogP contribution >= 0.6 is 11.3 Å². The Morgan fingerprint density at radius 3 is 2.50 bits per heavy atom. The number of likely N-dealkylation sites (N-methyl/N-ethyl adjacent to an activating group) is 1. The van der Waals surface area contributed by atoms with E-state index in [0.717, 1.165) is 6.54 Å². The highest BCUT2D eigenvalue weighted by Crippen LogP contribution is 2.25. The van der Waals surface area contributed by atoms with Crippen molar-refractivity contribution in [2.24, 2.45) is 5.73 Å². The van der Waals surface area contributed by atoms with Crippen molar-refractivity contribution >= 4 is 11.3 Å². The molecule has 0 saturated carbocycles. The van der Waals surface area contributed by atoms with Gasteiger partial charge < -0.3 is 5.73 Å². The van der Waals surface area contributed by atoms with Crippen LogP contribution in [0.5, 0.6) is 0 Å². The number of nitrogens with two attached hydrogens (primary N) is 1. The SMILES string of the molecule is CC(N)C(c1ccsc1)N(C)Cc1ccccc1. The topological polar surface area (TPSA) is 29.3 Å². The molecule has 0 amide bonds. The first-order chi connectivity index (χ1) is 8.68. The lowest BCUT2D eigenvalue weighted by Gasteiger charge is -2.30. The third kappa shape index (κ3) is 3.19. The molecule has 18 heavy (non-hydrogen) atoms. The third-order valence-electron chi connectivity index (χ3n) is 3.13. The summed E-state index contributed by atoms with van der Waals surface area (Å²) in [6, 6.07) is 13.1. The molecule has 1 aromatic heterocycles. The van der Waals surface area contributed by atoms with Crippen molar-refractivity contribution in [2.75, 3.05) is 7.05 Å². The van der Waals surface area contributed by atoms with Gasteiger partial charge in [-0.2, -0.15) is 11.3 Å². The number of thiophene rings is 1. The normalized spacial score (nSPS) is 14.7. The molecule has 0 saturated heterocycles. The zero-order chi connectivity index (χ0) is 13.0. The molecule has 0 fully saturated rings. The lowest BCUT2D eigenvalue weighted by molar-refractivity contribution is 0.211. The van der Waals surface area contributed by atoms with Crippen LogP contribution in [0.3, 0.4) is 0 Å². The van der Waals surface area contributed by atoms with E-state index >= 15 is 0 Å². The Bertz CT molecular complexity index is 451. The Labute approximate surface area is 113 Å². The largest absolute Gasteiger partial charge is 0.326 e. The van der Waals surface area contributed by atoms with Gasteiger partial charge in [0.15, 0.2) is 0 Å². The van der Waals surface area contributed by atoms with Crippen LogP contribution in [0.2, 0.25) is 0 Å². The summed E-state index contributed by atoms with van der Waals surface area (Å²) in [6.45, 7) is 2.99. The van der Waals surface area contributed by atoms with Crippen molar-refractivity contribution < 1.29 is 0 Å². The van der Waals surface area contributed by atoms with Gasteiger partial charge in [0.1, 0.15) is 0 Å². The highest BCUT2D eigenvalue weighted by atomic mass is 32.1. The summed E-state index contributed by atoms with van der Waals surface area (Å²) in [5.41, 5.74) is 8.78. The van der Waals surface area contributed by atoms with Gasteiger partial charge in [0.05, 0.1) is 6.04 Å². The Kier molecular flexibility index (Phi) is 4.53. The molecule has 0 bridgehead atoms. The summed E-state index contributed by atoms with van der Waals surface area (Å²) in [5, 5.41) is 4.30. The molecular formula is C15H20N2S. The molecule has 2 N–H and O–H groups in total. The lowest BCUT2D eigenvalue weighted by Crippen LogP contribution is -2.36. The fraction of sp³-hybridized carbons (Fsp3) is 0.333. The van der Waals surface area contributed by atoms with Gasteiger partial charge in [-0.05, 0) is 41.9 Å². The van der Waals surface area contributed by atoms with E-state index in [2.05, 4.69) is 60.0 Å². The molecule has 2 aromatic rings. The second-order valence-electron chi connectivity index (χ2n) is 4.76. The molecule has 0 aliphatic carbocycles. The first kappa shape index (κ1) is 13.3. The number of rotatable bonds is 5. The zero-order valence-corrected chi connectivity index (χ0v) is 11.7. The van der Waals surface area contributed by atoms with E-state index in [1.54, 1.807) is 11.3 Å². The fourth-order valence-electron chi connectivity index (χ4n) is 2.37. The fourth-order valence-corrected chi connectivity index (χ4v) is 3.06. The molecule has 2 rings (SSSR count). The summed E-state index contributed by atoms with van der Waals surface area (Å²) < 4.78 is 0. The van der Waals surface area contributed by atoms with Crippen LogP contribution in [0.15, 0.2) is 47.2 Å². The van der Waals surface area contributed by atoms with Crippen molar-refractivity contribution in [1.82, 2.24) is 4.90 Å². The van der Waals surface area contributed by atoms with E-state index in [9.17, 15) is 0 Å². The van der Waals surface area contributed by atoms with Crippen molar-refractivity contribution in [2.45, 2.75) is 25.6 Å². The summed E-state index contributed by atoms with van der Waals surface area (Å²) in [5.74, 6) is 0. The Hall–Kier alpha value is -1.16. The van der Waals surface area contributed by atoms with Gasteiger partial charge in [-0.15, -0.1) is 0 Å². The summed E-state index contributed by atoms with van der Waals surface area (Å²) in [7, 11) is 2.14. The third-order valence-corrected chi connectivity index (χ3v) is 3.83. The van der Waals surface area contributed by atoms with E-state index in [1.165, 1.54) is 11.1 Å². The quantitative estimate of drug-likeness (QED) is 0.894. The number of nitrogens with zero attached hydrogens (tertiary/aromatic N) is 1. The van der Waals surface area contributed by atoms with Gasteiger partial charge in [-0.1, -0.05) is 30.3 Å².